The van der Waals surface area contributed by atoms with Gasteiger partial charge in [0.1, 0.15) is 6.26 Å². The predicted molar refractivity (Wildman–Crippen MR) is 68.2 cm³/mol. The SMILES string of the molecule is O=C(O)c1coc(Cc2cc(-c3ccccc3)on2)n1. The van der Waals surface area contributed by atoms with Crippen LogP contribution in [-0.4, -0.2) is 21.2 Å². The number of carboxylic acid groups (broad SMARTS) is 1. The average Bonchev–Trinajstić information content (AvgIpc) is 3.10. The molecule has 0 atom stereocenters. The number of aromatic nitrogens is 2. The van der Waals surface area contributed by atoms with Crippen LogP contribution in [0, 0.1) is 0 Å². The fraction of sp³-hybridized carbons (Fsp3) is 0.0714. The number of oxazole rings is 1. The van der Waals surface area contributed by atoms with E-state index < -0.39 is 5.97 Å². The van der Waals surface area contributed by atoms with Crippen LogP contribution in [0.4, 0.5) is 0 Å². The van der Waals surface area contributed by atoms with E-state index >= 15 is 0 Å². The molecule has 6 heteroatoms. The number of hydrogen-bond donors (Lipinski definition) is 1. The van der Waals surface area contributed by atoms with E-state index in [1.54, 1.807) is 6.07 Å². The van der Waals surface area contributed by atoms with Crippen molar-refractivity contribution < 1.29 is 18.8 Å². The second-order valence-corrected chi connectivity index (χ2v) is 4.16. The number of rotatable bonds is 4. The second kappa shape index (κ2) is 5.00. The molecule has 0 aliphatic carbocycles. The molecule has 0 aliphatic heterocycles. The minimum absolute atomic E-state index is 0.119. The van der Waals surface area contributed by atoms with E-state index in [9.17, 15) is 4.79 Å². The Hall–Kier alpha value is -2.89. The molecule has 3 aromatic rings. The maximum Gasteiger partial charge on any atom is 0.357 e. The Kier molecular flexibility index (Phi) is 3.04. The molecule has 0 amide bonds. The van der Waals surface area contributed by atoms with Crippen LogP contribution in [0.1, 0.15) is 22.1 Å². The van der Waals surface area contributed by atoms with Gasteiger partial charge in [0, 0.05) is 11.6 Å². The maximum atomic E-state index is 10.7. The molecule has 20 heavy (non-hydrogen) atoms. The van der Waals surface area contributed by atoms with Crippen LogP contribution in [0.3, 0.4) is 0 Å². The first-order chi connectivity index (χ1) is 9.72. The molecule has 0 spiro atoms. The third-order valence-corrected chi connectivity index (χ3v) is 2.72. The van der Waals surface area contributed by atoms with Crippen molar-refractivity contribution in [1.29, 1.82) is 0 Å². The smallest absolute Gasteiger partial charge is 0.357 e. The number of carboxylic acids is 1. The van der Waals surface area contributed by atoms with Crippen LogP contribution >= 0.6 is 0 Å². The molecule has 6 nitrogen and oxygen atoms in total. The molecule has 0 radical (unpaired) electrons. The molecule has 0 unspecified atom stereocenters. The van der Waals surface area contributed by atoms with Crippen LogP contribution in [0.25, 0.3) is 11.3 Å². The third kappa shape index (κ3) is 2.44. The first-order valence-corrected chi connectivity index (χ1v) is 5.91. The summed E-state index contributed by atoms with van der Waals surface area (Å²) in [5, 5.41) is 12.7. The van der Waals surface area contributed by atoms with Crippen LogP contribution in [0.5, 0.6) is 0 Å². The van der Waals surface area contributed by atoms with Gasteiger partial charge in [-0.25, -0.2) is 9.78 Å². The van der Waals surface area contributed by atoms with Gasteiger partial charge in [-0.15, -0.1) is 0 Å². The van der Waals surface area contributed by atoms with Crippen molar-refractivity contribution in [3.8, 4) is 11.3 Å². The van der Waals surface area contributed by atoms with Crippen LogP contribution in [-0.2, 0) is 6.42 Å². The van der Waals surface area contributed by atoms with Gasteiger partial charge in [0.15, 0.2) is 11.5 Å². The highest BCUT2D eigenvalue weighted by molar-refractivity contribution is 5.84. The lowest BCUT2D eigenvalue weighted by Crippen LogP contribution is -1.97. The van der Waals surface area contributed by atoms with Crippen LogP contribution in [0.2, 0.25) is 0 Å². The summed E-state index contributed by atoms with van der Waals surface area (Å²) < 4.78 is 10.3. The van der Waals surface area contributed by atoms with Crippen molar-refractivity contribution in [2.45, 2.75) is 6.42 Å². The first-order valence-electron chi connectivity index (χ1n) is 5.91. The van der Waals surface area contributed by atoms with Crippen molar-refractivity contribution in [3.63, 3.8) is 0 Å². The minimum Gasteiger partial charge on any atom is -0.476 e. The number of benzene rings is 1. The summed E-state index contributed by atoms with van der Waals surface area (Å²) in [5.74, 6) is -0.189. The van der Waals surface area contributed by atoms with E-state index in [1.807, 2.05) is 30.3 Å². The Morgan fingerprint density at radius 2 is 2.05 bits per heavy atom. The zero-order valence-electron chi connectivity index (χ0n) is 10.3. The Morgan fingerprint density at radius 3 is 2.75 bits per heavy atom. The molecule has 3 rings (SSSR count). The Balaban J connectivity index is 1.78. The maximum absolute atomic E-state index is 10.7. The van der Waals surface area contributed by atoms with Gasteiger partial charge in [-0.3, -0.25) is 0 Å². The van der Waals surface area contributed by atoms with Gasteiger partial charge in [0.05, 0.1) is 12.1 Å². The Morgan fingerprint density at radius 1 is 1.25 bits per heavy atom. The second-order valence-electron chi connectivity index (χ2n) is 4.16. The van der Waals surface area contributed by atoms with Gasteiger partial charge in [-0.05, 0) is 0 Å². The average molecular weight is 270 g/mol. The van der Waals surface area contributed by atoms with E-state index in [4.69, 9.17) is 14.0 Å². The topological polar surface area (TPSA) is 89.4 Å². The van der Waals surface area contributed by atoms with Crippen molar-refractivity contribution >= 4 is 5.97 Å². The quantitative estimate of drug-likeness (QED) is 0.783. The summed E-state index contributed by atoms with van der Waals surface area (Å²) in [4.78, 5) is 14.5. The lowest BCUT2D eigenvalue weighted by Gasteiger charge is -1.91. The molecule has 0 saturated heterocycles. The highest BCUT2D eigenvalue weighted by Gasteiger charge is 2.13. The highest BCUT2D eigenvalue weighted by Crippen LogP contribution is 2.20. The number of nitrogens with zero attached hydrogens (tertiary/aromatic N) is 2. The van der Waals surface area contributed by atoms with Gasteiger partial charge < -0.3 is 14.0 Å². The molecule has 1 aromatic carbocycles. The van der Waals surface area contributed by atoms with Gasteiger partial charge in [-0.1, -0.05) is 35.5 Å². The molecule has 0 aliphatic rings. The fourth-order valence-corrected chi connectivity index (χ4v) is 1.78. The summed E-state index contributed by atoms with van der Waals surface area (Å²) in [5.41, 5.74) is 1.43. The number of carbonyl (C=O) groups is 1. The van der Waals surface area contributed by atoms with E-state index in [2.05, 4.69) is 10.1 Å². The summed E-state index contributed by atoms with van der Waals surface area (Å²) in [7, 11) is 0. The normalized spacial score (nSPS) is 10.6. The molecule has 2 aromatic heterocycles. The monoisotopic (exact) mass is 270 g/mol. The summed E-state index contributed by atoms with van der Waals surface area (Å²) in [6.07, 6.45) is 1.39. The highest BCUT2D eigenvalue weighted by atomic mass is 16.5. The van der Waals surface area contributed by atoms with Crippen LogP contribution < -0.4 is 0 Å². The standard InChI is InChI=1S/C14H10N2O4/c17-14(18)11-8-19-13(15-11)7-10-6-12(20-16-10)9-4-2-1-3-5-9/h1-6,8H,7H2,(H,17,18). The van der Waals surface area contributed by atoms with Crippen molar-refractivity contribution in [1.82, 2.24) is 10.1 Å². The number of hydrogen-bond acceptors (Lipinski definition) is 5. The van der Waals surface area contributed by atoms with Gasteiger partial charge in [0.25, 0.3) is 0 Å². The summed E-state index contributed by atoms with van der Waals surface area (Å²) >= 11 is 0. The van der Waals surface area contributed by atoms with E-state index in [0.717, 1.165) is 11.8 Å². The molecule has 100 valence electrons. The lowest BCUT2D eigenvalue weighted by atomic mass is 10.1. The van der Waals surface area contributed by atoms with Crippen molar-refractivity contribution in [2.75, 3.05) is 0 Å². The zero-order chi connectivity index (χ0) is 13.9. The molecular formula is C14H10N2O4. The van der Waals surface area contributed by atoms with Crippen molar-refractivity contribution in [2.24, 2.45) is 0 Å². The third-order valence-electron chi connectivity index (χ3n) is 2.72. The minimum atomic E-state index is -1.12. The molecule has 2 heterocycles. The molecule has 0 bridgehead atoms. The van der Waals surface area contributed by atoms with Crippen LogP contribution in [0.15, 0.2) is 51.6 Å². The fourth-order valence-electron chi connectivity index (χ4n) is 1.78. The molecule has 1 N–H and O–H groups in total. The Bertz CT molecular complexity index is 730. The van der Waals surface area contributed by atoms with Gasteiger partial charge in [-0.2, -0.15) is 0 Å². The Labute approximate surface area is 113 Å². The molecule has 0 fully saturated rings. The summed E-state index contributed by atoms with van der Waals surface area (Å²) in [6, 6.07) is 11.3. The molecule has 0 saturated carbocycles. The number of aromatic carboxylic acids is 1. The zero-order valence-corrected chi connectivity index (χ0v) is 10.3. The lowest BCUT2D eigenvalue weighted by molar-refractivity contribution is 0.0690. The van der Waals surface area contributed by atoms with Gasteiger partial charge in [0.2, 0.25) is 5.89 Å². The van der Waals surface area contributed by atoms with E-state index in [0.29, 0.717) is 11.5 Å². The molecular weight excluding hydrogens is 260 g/mol. The van der Waals surface area contributed by atoms with E-state index in [1.165, 1.54) is 0 Å². The predicted octanol–water partition coefficient (Wildman–Crippen LogP) is 2.62. The van der Waals surface area contributed by atoms with Gasteiger partial charge >= 0.3 is 5.97 Å². The van der Waals surface area contributed by atoms with E-state index in [-0.39, 0.29) is 18.0 Å². The largest absolute Gasteiger partial charge is 0.476 e. The summed E-state index contributed by atoms with van der Waals surface area (Å²) in [6.45, 7) is 0. The first kappa shape index (κ1) is 12.2. The van der Waals surface area contributed by atoms with Crippen molar-refractivity contribution in [3.05, 3.63) is 59.9 Å².